The minimum absolute atomic E-state index is 0.212. The smallest absolute Gasteiger partial charge is 0.0506 e. The highest BCUT2D eigenvalue weighted by molar-refractivity contribution is 5.16. The molecule has 0 saturated carbocycles. The second-order valence-corrected chi connectivity index (χ2v) is 5.10. The zero-order chi connectivity index (χ0) is 10.9. The van der Waals surface area contributed by atoms with Gasteiger partial charge in [-0.05, 0) is 31.4 Å². The Balaban J connectivity index is 3.13. The lowest BCUT2D eigenvalue weighted by Gasteiger charge is -2.33. The molecule has 1 aromatic rings. The maximum atomic E-state index is 5.87. The molecule has 80 valence electrons. The van der Waals surface area contributed by atoms with E-state index in [-0.39, 0.29) is 5.41 Å². The highest BCUT2D eigenvalue weighted by atomic mass is 15.1. The van der Waals surface area contributed by atoms with Crippen LogP contribution in [0.15, 0.2) is 12.1 Å². The van der Waals surface area contributed by atoms with Gasteiger partial charge in [-0.25, -0.2) is 0 Å². The predicted molar refractivity (Wildman–Crippen MR) is 61.5 cm³/mol. The van der Waals surface area contributed by atoms with Crippen LogP contribution in [-0.4, -0.2) is 11.1 Å². The van der Waals surface area contributed by atoms with Gasteiger partial charge in [0.15, 0.2) is 0 Å². The largest absolute Gasteiger partial charge is 0.344 e. The number of aromatic nitrogens is 1. The van der Waals surface area contributed by atoms with E-state index in [9.17, 15) is 0 Å². The molecule has 2 nitrogen and oxygen atoms in total. The molecule has 1 atom stereocenters. The standard InChI is InChI=1S/C12H22N2/c1-9-6-7-10(2)14(9)11(8-13)12(3,4)5/h6-7,11H,8,13H2,1-5H3. The highest BCUT2D eigenvalue weighted by Gasteiger charge is 2.26. The normalized spacial score (nSPS) is 14.4. The summed E-state index contributed by atoms with van der Waals surface area (Å²) >= 11 is 0. The van der Waals surface area contributed by atoms with Crippen LogP contribution in [0, 0.1) is 19.3 Å². The first kappa shape index (κ1) is 11.3. The van der Waals surface area contributed by atoms with Crippen LogP contribution in [0.1, 0.15) is 38.2 Å². The fourth-order valence-electron chi connectivity index (χ4n) is 2.02. The molecule has 0 aliphatic carbocycles. The quantitative estimate of drug-likeness (QED) is 0.771. The summed E-state index contributed by atoms with van der Waals surface area (Å²) in [5.41, 5.74) is 8.68. The summed E-state index contributed by atoms with van der Waals surface area (Å²) in [4.78, 5) is 0. The highest BCUT2D eigenvalue weighted by Crippen LogP contribution is 2.31. The maximum absolute atomic E-state index is 5.87. The first-order valence-electron chi connectivity index (χ1n) is 5.22. The Morgan fingerprint density at radius 1 is 1.21 bits per heavy atom. The van der Waals surface area contributed by atoms with E-state index in [0.717, 1.165) is 0 Å². The SMILES string of the molecule is Cc1ccc(C)n1C(CN)C(C)(C)C. The van der Waals surface area contributed by atoms with Crippen LogP contribution < -0.4 is 5.73 Å². The van der Waals surface area contributed by atoms with Crippen LogP contribution in [-0.2, 0) is 0 Å². The van der Waals surface area contributed by atoms with Crippen molar-refractivity contribution in [3.8, 4) is 0 Å². The van der Waals surface area contributed by atoms with Crippen LogP contribution in [0.4, 0.5) is 0 Å². The second kappa shape index (κ2) is 3.77. The number of rotatable bonds is 2. The Bertz CT molecular complexity index is 285. The Morgan fingerprint density at radius 3 is 1.93 bits per heavy atom. The van der Waals surface area contributed by atoms with Gasteiger partial charge in [0, 0.05) is 17.9 Å². The zero-order valence-corrected chi connectivity index (χ0v) is 9.96. The summed E-state index contributed by atoms with van der Waals surface area (Å²) in [5.74, 6) is 0. The van der Waals surface area contributed by atoms with E-state index in [1.165, 1.54) is 11.4 Å². The Hall–Kier alpha value is -0.760. The third kappa shape index (κ3) is 2.01. The van der Waals surface area contributed by atoms with Crippen molar-refractivity contribution in [1.82, 2.24) is 4.57 Å². The van der Waals surface area contributed by atoms with Crippen LogP contribution in [0.3, 0.4) is 0 Å². The van der Waals surface area contributed by atoms with Gasteiger partial charge in [-0.2, -0.15) is 0 Å². The van der Waals surface area contributed by atoms with Gasteiger partial charge in [0.2, 0.25) is 0 Å². The average molecular weight is 194 g/mol. The lowest BCUT2D eigenvalue weighted by Crippen LogP contribution is -2.32. The Morgan fingerprint density at radius 2 is 1.64 bits per heavy atom. The summed E-state index contributed by atoms with van der Waals surface area (Å²) in [6.45, 7) is 11.7. The van der Waals surface area contributed by atoms with Gasteiger partial charge < -0.3 is 10.3 Å². The van der Waals surface area contributed by atoms with E-state index in [0.29, 0.717) is 12.6 Å². The van der Waals surface area contributed by atoms with Crippen molar-refractivity contribution >= 4 is 0 Å². The van der Waals surface area contributed by atoms with Gasteiger partial charge in [-0.1, -0.05) is 20.8 Å². The first-order valence-corrected chi connectivity index (χ1v) is 5.22. The van der Waals surface area contributed by atoms with Crippen molar-refractivity contribution in [3.63, 3.8) is 0 Å². The fourth-order valence-corrected chi connectivity index (χ4v) is 2.02. The fraction of sp³-hybridized carbons (Fsp3) is 0.667. The third-order valence-electron chi connectivity index (χ3n) is 2.86. The molecular formula is C12H22N2. The van der Waals surface area contributed by atoms with Crippen LogP contribution in [0.5, 0.6) is 0 Å². The summed E-state index contributed by atoms with van der Waals surface area (Å²) in [5, 5.41) is 0. The molecule has 1 unspecified atom stereocenters. The summed E-state index contributed by atoms with van der Waals surface area (Å²) in [7, 11) is 0. The topological polar surface area (TPSA) is 30.9 Å². The minimum atomic E-state index is 0.212. The molecule has 0 aliphatic heterocycles. The van der Waals surface area contributed by atoms with Gasteiger partial charge in [0.05, 0.1) is 6.04 Å². The van der Waals surface area contributed by atoms with Crippen molar-refractivity contribution in [1.29, 1.82) is 0 Å². The van der Waals surface area contributed by atoms with E-state index in [4.69, 9.17) is 5.73 Å². The lowest BCUT2D eigenvalue weighted by molar-refractivity contribution is 0.243. The molecule has 2 heteroatoms. The van der Waals surface area contributed by atoms with Crippen LogP contribution in [0.25, 0.3) is 0 Å². The molecule has 0 saturated heterocycles. The molecule has 0 aliphatic rings. The van der Waals surface area contributed by atoms with Crippen molar-refractivity contribution in [3.05, 3.63) is 23.5 Å². The molecule has 2 N–H and O–H groups in total. The van der Waals surface area contributed by atoms with Crippen LogP contribution in [0.2, 0.25) is 0 Å². The van der Waals surface area contributed by atoms with Crippen molar-refractivity contribution < 1.29 is 0 Å². The lowest BCUT2D eigenvalue weighted by atomic mass is 9.86. The predicted octanol–water partition coefficient (Wildman–Crippen LogP) is 2.65. The molecule has 0 aromatic carbocycles. The van der Waals surface area contributed by atoms with Gasteiger partial charge in [0.25, 0.3) is 0 Å². The van der Waals surface area contributed by atoms with E-state index in [1.54, 1.807) is 0 Å². The summed E-state index contributed by atoms with van der Waals surface area (Å²) < 4.78 is 2.35. The molecule has 0 bridgehead atoms. The monoisotopic (exact) mass is 194 g/mol. The molecule has 1 rings (SSSR count). The number of aryl methyl sites for hydroxylation is 2. The van der Waals surface area contributed by atoms with E-state index < -0.39 is 0 Å². The molecule has 1 heterocycles. The molecule has 1 aromatic heterocycles. The number of nitrogens with two attached hydrogens (primary N) is 1. The van der Waals surface area contributed by atoms with E-state index >= 15 is 0 Å². The molecule has 0 amide bonds. The number of nitrogens with zero attached hydrogens (tertiary/aromatic N) is 1. The van der Waals surface area contributed by atoms with E-state index in [2.05, 4.69) is 51.3 Å². The second-order valence-electron chi connectivity index (χ2n) is 5.10. The molecule has 0 fully saturated rings. The van der Waals surface area contributed by atoms with Gasteiger partial charge >= 0.3 is 0 Å². The average Bonchev–Trinajstić information content (AvgIpc) is 2.34. The zero-order valence-electron chi connectivity index (χ0n) is 9.96. The van der Waals surface area contributed by atoms with Gasteiger partial charge in [0.1, 0.15) is 0 Å². The minimum Gasteiger partial charge on any atom is -0.344 e. The number of hydrogen-bond donors (Lipinski definition) is 1. The molecule has 14 heavy (non-hydrogen) atoms. The van der Waals surface area contributed by atoms with Crippen LogP contribution >= 0.6 is 0 Å². The first-order chi connectivity index (χ1) is 6.38. The van der Waals surface area contributed by atoms with Crippen molar-refractivity contribution in [2.75, 3.05) is 6.54 Å². The van der Waals surface area contributed by atoms with E-state index in [1.807, 2.05) is 0 Å². The van der Waals surface area contributed by atoms with Crippen molar-refractivity contribution in [2.24, 2.45) is 11.1 Å². The Labute approximate surface area is 87.1 Å². The van der Waals surface area contributed by atoms with Gasteiger partial charge in [-0.15, -0.1) is 0 Å². The number of hydrogen-bond acceptors (Lipinski definition) is 1. The van der Waals surface area contributed by atoms with Gasteiger partial charge in [-0.3, -0.25) is 0 Å². The van der Waals surface area contributed by atoms with Crippen molar-refractivity contribution in [2.45, 2.75) is 40.7 Å². The Kier molecular flexibility index (Phi) is 3.05. The molecule has 0 spiro atoms. The molecule has 0 radical (unpaired) electrons. The third-order valence-corrected chi connectivity index (χ3v) is 2.86. The maximum Gasteiger partial charge on any atom is 0.0506 e. The summed E-state index contributed by atoms with van der Waals surface area (Å²) in [6.07, 6.45) is 0. The summed E-state index contributed by atoms with van der Waals surface area (Å²) in [6, 6.07) is 4.70. The molecular weight excluding hydrogens is 172 g/mol.